The summed E-state index contributed by atoms with van der Waals surface area (Å²) in [6.07, 6.45) is 0. The Bertz CT molecular complexity index is 220. The molecular weight excluding hydrogens is 281 g/mol. The van der Waals surface area contributed by atoms with Crippen molar-refractivity contribution in [2.75, 3.05) is 0 Å². The summed E-state index contributed by atoms with van der Waals surface area (Å²) in [5, 5.41) is 0. The summed E-state index contributed by atoms with van der Waals surface area (Å²) in [7, 11) is -10.2. The maximum atomic E-state index is 9.58. The standard InChI is InChI=1S/H3O7PS.Pd/c1-8(2,3)7-9(4,5)6;/h(H2,1,2,3)(H,4,5,6);. The zero-order chi connectivity index (χ0) is 7.71. The molecule has 0 radical (unpaired) electrons. The summed E-state index contributed by atoms with van der Waals surface area (Å²) in [6.45, 7) is 0. The molecule has 0 fully saturated rings. The van der Waals surface area contributed by atoms with Crippen LogP contribution >= 0.6 is 7.82 Å². The normalized spacial score (nSPS) is 12.3. The molecule has 10 heteroatoms. The second-order valence-corrected chi connectivity index (χ2v) is 3.43. The Morgan fingerprint density at radius 1 is 1.30 bits per heavy atom. The molecule has 0 saturated heterocycles. The van der Waals surface area contributed by atoms with Crippen molar-refractivity contribution in [1.82, 2.24) is 0 Å². The van der Waals surface area contributed by atoms with Crippen LogP contribution in [0, 0.1) is 0 Å². The first-order valence-electron chi connectivity index (χ1n) is 1.45. The third-order valence-electron chi connectivity index (χ3n) is 0.191. The summed E-state index contributed by atoms with van der Waals surface area (Å²) >= 11 is 0. The van der Waals surface area contributed by atoms with Crippen molar-refractivity contribution >= 4 is 18.2 Å². The Balaban J connectivity index is 0. The van der Waals surface area contributed by atoms with Gasteiger partial charge in [-0.2, -0.15) is 8.42 Å². The van der Waals surface area contributed by atoms with Crippen LogP contribution in [-0.4, -0.2) is 22.8 Å². The van der Waals surface area contributed by atoms with Gasteiger partial charge in [-0.3, -0.25) is 4.55 Å². The molecule has 0 unspecified atom stereocenters. The summed E-state index contributed by atoms with van der Waals surface area (Å²) in [5.74, 6) is 0. The Hall–Kier alpha value is 0.682. The van der Waals surface area contributed by atoms with E-state index in [9.17, 15) is 13.0 Å². The monoisotopic (exact) mass is 284 g/mol. The van der Waals surface area contributed by atoms with Crippen molar-refractivity contribution in [3.63, 3.8) is 0 Å². The van der Waals surface area contributed by atoms with Gasteiger partial charge in [0.15, 0.2) is 0 Å². The molecule has 0 aliphatic heterocycles. The van der Waals surface area contributed by atoms with Crippen LogP contribution in [0.4, 0.5) is 0 Å². The minimum absolute atomic E-state index is 0. The first kappa shape index (κ1) is 13.3. The van der Waals surface area contributed by atoms with Crippen molar-refractivity contribution < 1.29 is 51.7 Å². The average molecular weight is 284 g/mol. The number of hydrogen-bond donors (Lipinski definition) is 3. The van der Waals surface area contributed by atoms with E-state index in [2.05, 4.69) is 3.97 Å². The van der Waals surface area contributed by atoms with Crippen LogP contribution in [0.3, 0.4) is 0 Å². The molecule has 0 spiro atoms. The van der Waals surface area contributed by atoms with E-state index >= 15 is 0 Å². The first-order valence-corrected chi connectivity index (χ1v) is 4.34. The maximum Gasteiger partial charge on any atom is 0.486 e. The molecule has 0 aromatic carbocycles. The Labute approximate surface area is 70.2 Å². The van der Waals surface area contributed by atoms with E-state index in [1.54, 1.807) is 0 Å². The Kier molecular flexibility index (Phi) is 5.18. The zero-order valence-corrected chi connectivity index (χ0v) is 7.41. The molecule has 0 aromatic rings. The van der Waals surface area contributed by atoms with Gasteiger partial charge in [0.1, 0.15) is 0 Å². The van der Waals surface area contributed by atoms with Gasteiger partial charge in [-0.15, -0.1) is 3.97 Å². The van der Waals surface area contributed by atoms with Crippen LogP contribution in [0.15, 0.2) is 0 Å². The maximum absolute atomic E-state index is 9.58. The van der Waals surface area contributed by atoms with Crippen molar-refractivity contribution in [3.05, 3.63) is 0 Å². The third-order valence-corrected chi connectivity index (χ3v) is 1.72. The molecule has 0 bridgehead atoms. The minimum atomic E-state index is -5.13. The van der Waals surface area contributed by atoms with Gasteiger partial charge in [0, 0.05) is 20.4 Å². The number of phosphoric acid groups is 1. The molecule has 10 heavy (non-hydrogen) atoms. The molecule has 0 saturated carbocycles. The summed E-state index contributed by atoms with van der Waals surface area (Å²) in [4.78, 5) is 15.4. The van der Waals surface area contributed by atoms with Crippen LogP contribution in [0.1, 0.15) is 0 Å². The predicted octanol–water partition coefficient (Wildman–Crippen LogP) is -1.10. The summed E-state index contributed by atoms with van der Waals surface area (Å²) in [5.41, 5.74) is 0. The van der Waals surface area contributed by atoms with Gasteiger partial charge in [-0.1, -0.05) is 0 Å². The van der Waals surface area contributed by atoms with Gasteiger partial charge in [-0.05, 0) is 0 Å². The SMILES string of the molecule is O=P(O)(O)OS(=O)(=O)O.[Pd]. The van der Waals surface area contributed by atoms with Gasteiger partial charge in [0.05, 0.1) is 0 Å². The van der Waals surface area contributed by atoms with E-state index in [1.807, 2.05) is 0 Å². The fraction of sp³-hybridized carbons (Fsp3) is 0. The van der Waals surface area contributed by atoms with Crippen LogP contribution in [0.5, 0.6) is 0 Å². The summed E-state index contributed by atoms with van der Waals surface area (Å²) in [6, 6.07) is 0. The molecule has 7 nitrogen and oxygen atoms in total. The Morgan fingerprint density at radius 3 is 1.60 bits per heavy atom. The van der Waals surface area contributed by atoms with Crippen molar-refractivity contribution in [3.8, 4) is 0 Å². The first-order chi connectivity index (χ1) is 3.71. The van der Waals surface area contributed by atoms with Gasteiger partial charge in [0.25, 0.3) is 0 Å². The minimum Gasteiger partial charge on any atom is -0.302 e. The van der Waals surface area contributed by atoms with Crippen LogP contribution < -0.4 is 0 Å². The van der Waals surface area contributed by atoms with Crippen LogP contribution in [0.25, 0.3) is 0 Å². The van der Waals surface area contributed by atoms with Gasteiger partial charge < -0.3 is 9.79 Å². The summed E-state index contributed by atoms with van der Waals surface area (Å²) < 4.78 is 39.0. The third kappa shape index (κ3) is 11.5. The fourth-order valence-electron chi connectivity index (χ4n) is 0.123. The molecular formula is H3O7PPdS. The average Bonchev–Trinajstić information content (AvgIpc) is 1.14. The van der Waals surface area contributed by atoms with Crippen molar-refractivity contribution in [1.29, 1.82) is 0 Å². The molecule has 0 amide bonds. The Morgan fingerprint density at radius 2 is 1.60 bits per heavy atom. The van der Waals surface area contributed by atoms with Crippen LogP contribution in [-0.2, 0) is 39.4 Å². The van der Waals surface area contributed by atoms with E-state index in [1.165, 1.54) is 0 Å². The topological polar surface area (TPSA) is 121 Å². The van der Waals surface area contributed by atoms with E-state index < -0.39 is 18.2 Å². The second-order valence-electron chi connectivity index (χ2n) is 0.993. The molecule has 0 aliphatic carbocycles. The molecule has 0 heterocycles. The fourth-order valence-corrected chi connectivity index (χ4v) is 1.10. The second kappa shape index (κ2) is 3.90. The van der Waals surface area contributed by atoms with Gasteiger partial charge in [0.2, 0.25) is 0 Å². The van der Waals surface area contributed by atoms with Crippen LogP contribution in [0.2, 0.25) is 0 Å². The molecule has 0 atom stereocenters. The van der Waals surface area contributed by atoms with Crippen molar-refractivity contribution in [2.24, 2.45) is 0 Å². The van der Waals surface area contributed by atoms with Gasteiger partial charge >= 0.3 is 18.2 Å². The van der Waals surface area contributed by atoms with E-state index in [-0.39, 0.29) is 20.4 Å². The molecule has 3 N–H and O–H groups in total. The molecule has 0 rings (SSSR count). The number of hydrogen-bond acceptors (Lipinski definition) is 4. The predicted molar refractivity (Wildman–Crippen MR) is 24.7 cm³/mol. The molecule has 0 aliphatic rings. The van der Waals surface area contributed by atoms with E-state index in [0.29, 0.717) is 0 Å². The molecule has 0 aromatic heterocycles. The quantitative estimate of drug-likeness (QED) is 0.334. The number of rotatable bonds is 2. The smallest absolute Gasteiger partial charge is 0.302 e. The zero-order valence-electron chi connectivity index (χ0n) is 4.15. The van der Waals surface area contributed by atoms with Gasteiger partial charge in [-0.25, -0.2) is 4.57 Å². The van der Waals surface area contributed by atoms with Crippen molar-refractivity contribution in [2.45, 2.75) is 0 Å². The molecule has 66 valence electrons. The van der Waals surface area contributed by atoms with E-state index in [4.69, 9.17) is 14.3 Å². The van der Waals surface area contributed by atoms with E-state index in [0.717, 1.165) is 0 Å². The largest absolute Gasteiger partial charge is 0.486 e.